The largest absolute Gasteiger partial charge is 0.353 e. The number of nitro groups is 1. The van der Waals surface area contributed by atoms with Crippen molar-refractivity contribution in [1.29, 1.82) is 0 Å². The van der Waals surface area contributed by atoms with Crippen molar-refractivity contribution < 1.29 is 4.92 Å². The molecule has 0 atom stereocenters. The Morgan fingerprint density at radius 3 is 1.82 bits per heavy atom. The molecule has 0 amide bonds. The Labute approximate surface area is 98.2 Å². The summed E-state index contributed by atoms with van der Waals surface area (Å²) < 4.78 is 0. The highest BCUT2D eigenvalue weighted by Crippen LogP contribution is 2.37. The van der Waals surface area contributed by atoms with Gasteiger partial charge in [-0.05, 0) is 12.8 Å². The zero-order valence-electron chi connectivity index (χ0n) is 9.37. The Bertz CT molecular complexity index is 424. The van der Waals surface area contributed by atoms with Crippen LogP contribution in [0.4, 0.5) is 17.3 Å². The van der Waals surface area contributed by atoms with Crippen LogP contribution in [0.15, 0.2) is 6.33 Å². The van der Waals surface area contributed by atoms with Crippen molar-refractivity contribution in [2.75, 3.05) is 36.0 Å². The maximum Gasteiger partial charge on any atom is 0.353 e. The van der Waals surface area contributed by atoms with Crippen molar-refractivity contribution in [1.82, 2.24) is 9.97 Å². The summed E-state index contributed by atoms with van der Waals surface area (Å²) >= 11 is 0. The van der Waals surface area contributed by atoms with Crippen LogP contribution < -0.4 is 9.80 Å². The Hall–Kier alpha value is -1.92. The minimum absolute atomic E-state index is 0.0619. The lowest BCUT2D eigenvalue weighted by Crippen LogP contribution is -2.40. The van der Waals surface area contributed by atoms with Gasteiger partial charge in [-0.25, -0.2) is 9.97 Å². The zero-order valence-corrected chi connectivity index (χ0v) is 9.37. The average molecular weight is 235 g/mol. The molecular formula is C10H13N5O2. The first kappa shape index (κ1) is 10.2. The molecule has 1 aromatic rings. The van der Waals surface area contributed by atoms with Crippen LogP contribution in [-0.2, 0) is 0 Å². The molecule has 1 aromatic heterocycles. The van der Waals surface area contributed by atoms with Crippen molar-refractivity contribution >= 4 is 17.3 Å². The molecule has 3 heterocycles. The van der Waals surface area contributed by atoms with E-state index >= 15 is 0 Å². The quantitative estimate of drug-likeness (QED) is 0.570. The fourth-order valence-corrected chi connectivity index (χ4v) is 2.04. The summed E-state index contributed by atoms with van der Waals surface area (Å²) in [4.78, 5) is 22.9. The van der Waals surface area contributed by atoms with Crippen LogP contribution >= 0.6 is 0 Å². The van der Waals surface area contributed by atoms with Gasteiger partial charge in [-0.3, -0.25) is 10.1 Å². The molecule has 17 heavy (non-hydrogen) atoms. The molecule has 2 aliphatic heterocycles. The summed E-state index contributed by atoms with van der Waals surface area (Å²) in [6.45, 7) is 3.38. The fourth-order valence-electron chi connectivity index (χ4n) is 2.04. The molecule has 0 unspecified atom stereocenters. The van der Waals surface area contributed by atoms with Gasteiger partial charge >= 0.3 is 5.69 Å². The SMILES string of the molecule is O=[N+]([O-])c1c(N2CCC2)ncnc1N1CCC1. The first-order chi connectivity index (χ1) is 8.27. The minimum Gasteiger partial charge on any atom is -0.351 e. The van der Waals surface area contributed by atoms with E-state index in [1.54, 1.807) is 0 Å². The second kappa shape index (κ2) is 3.83. The van der Waals surface area contributed by atoms with Crippen LogP contribution in [0.3, 0.4) is 0 Å². The van der Waals surface area contributed by atoms with Gasteiger partial charge in [0.05, 0.1) is 4.92 Å². The maximum atomic E-state index is 11.2. The van der Waals surface area contributed by atoms with Crippen molar-refractivity contribution in [2.45, 2.75) is 12.8 Å². The molecule has 0 spiro atoms. The first-order valence-electron chi connectivity index (χ1n) is 5.76. The van der Waals surface area contributed by atoms with Crippen LogP contribution in [0.1, 0.15) is 12.8 Å². The van der Waals surface area contributed by atoms with E-state index in [2.05, 4.69) is 9.97 Å². The molecule has 7 heteroatoms. The molecule has 90 valence electrons. The summed E-state index contributed by atoms with van der Waals surface area (Å²) in [7, 11) is 0. The highest BCUT2D eigenvalue weighted by atomic mass is 16.6. The van der Waals surface area contributed by atoms with Crippen molar-refractivity contribution in [3.05, 3.63) is 16.4 Å². The monoisotopic (exact) mass is 235 g/mol. The zero-order chi connectivity index (χ0) is 11.8. The Balaban J connectivity index is 2.04. The van der Waals surface area contributed by atoms with E-state index in [-0.39, 0.29) is 10.6 Å². The predicted molar refractivity (Wildman–Crippen MR) is 62.3 cm³/mol. The third-order valence-corrected chi connectivity index (χ3v) is 3.28. The normalized spacial score (nSPS) is 18.6. The van der Waals surface area contributed by atoms with Crippen LogP contribution in [0.2, 0.25) is 0 Å². The number of aromatic nitrogens is 2. The summed E-state index contributed by atoms with van der Waals surface area (Å²) in [6, 6.07) is 0. The van der Waals surface area contributed by atoms with Crippen LogP contribution in [-0.4, -0.2) is 41.1 Å². The summed E-state index contributed by atoms with van der Waals surface area (Å²) in [5.74, 6) is 0.941. The second-order valence-electron chi connectivity index (χ2n) is 4.31. The average Bonchev–Trinajstić information content (AvgIpc) is 2.11. The van der Waals surface area contributed by atoms with E-state index in [1.807, 2.05) is 9.80 Å². The predicted octanol–water partition coefficient (Wildman–Crippen LogP) is 0.805. The third-order valence-electron chi connectivity index (χ3n) is 3.28. The fraction of sp³-hybridized carbons (Fsp3) is 0.600. The molecule has 7 nitrogen and oxygen atoms in total. The number of rotatable bonds is 3. The van der Waals surface area contributed by atoms with Gasteiger partial charge in [0.15, 0.2) is 0 Å². The lowest BCUT2D eigenvalue weighted by atomic mass is 10.2. The Morgan fingerprint density at radius 2 is 1.53 bits per heavy atom. The molecule has 0 aromatic carbocycles. The van der Waals surface area contributed by atoms with Crippen molar-refractivity contribution in [3.8, 4) is 0 Å². The second-order valence-corrected chi connectivity index (χ2v) is 4.31. The van der Waals surface area contributed by atoms with Crippen LogP contribution in [0.5, 0.6) is 0 Å². The molecular weight excluding hydrogens is 222 g/mol. The number of hydrogen-bond acceptors (Lipinski definition) is 6. The molecule has 0 bridgehead atoms. The van der Waals surface area contributed by atoms with E-state index in [0.29, 0.717) is 11.6 Å². The smallest absolute Gasteiger partial charge is 0.351 e. The summed E-state index contributed by atoms with van der Waals surface area (Å²) in [6.07, 6.45) is 3.56. The van der Waals surface area contributed by atoms with Gasteiger partial charge < -0.3 is 9.80 Å². The van der Waals surface area contributed by atoms with E-state index < -0.39 is 0 Å². The maximum absolute atomic E-state index is 11.2. The van der Waals surface area contributed by atoms with Gasteiger partial charge in [0.1, 0.15) is 6.33 Å². The number of hydrogen-bond donors (Lipinski definition) is 0. The highest BCUT2D eigenvalue weighted by Gasteiger charge is 2.33. The van der Waals surface area contributed by atoms with E-state index in [1.165, 1.54) is 6.33 Å². The molecule has 3 rings (SSSR count). The molecule has 0 radical (unpaired) electrons. The topological polar surface area (TPSA) is 75.4 Å². The molecule has 2 fully saturated rings. The highest BCUT2D eigenvalue weighted by molar-refractivity contribution is 5.72. The molecule has 0 N–H and O–H groups in total. The minimum atomic E-state index is -0.360. The standard InChI is InChI=1S/C10H13N5O2/c16-15(17)8-9(13-3-1-4-13)11-7-12-10(8)14-5-2-6-14/h7H,1-6H2. The molecule has 0 aliphatic carbocycles. The van der Waals surface area contributed by atoms with E-state index in [0.717, 1.165) is 39.0 Å². The van der Waals surface area contributed by atoms with Gasteiger partial charge in [0.25, 0.3) is 0 Å². The van der Waals surface area contributed by atoms with Crippen LogP contribution in [0, 0.1) is 10.1 Å². The Kier molecular flexibility index (Phi) is 2.31. The molecule has 2 aliphatic rings. The number of nitrogens with zero attached hydrogens (tertiary/aromatic N) is 5. The van der Waals surface area contributed by atoms with Crippen molar-refractivity contribution in [2.24, 2.45) is 0 Å². The van der Waals surface area contributed by atoms with E-state index in [9.17, 15) is 10.1 Å². The van der Waals surface area contributed by atoms with Gasteiger partial charge in [-0.15, -0.1) is 0 Å². The summed E-state index contributed by atoms with van der Waals surface area (Å²) in [5.41, 5.74) is 0.0619. The van der Waals surface area contributed by atoms with Gasteiger partial charge in [0, 0.05) is 26.2 Å². The van der Waals surface area contributed by atoms with Gasteiger partial charge in [0.2, 0.25) is 11.6 Å². The van der Waals surface area contributed by atoms with Crippen molar-refractivity contribution in [3.63, 3.8) is 0 Å². The van der Waals surface area contributed by atoms with E-state index in [4.69, 9.17) is 0 Å². The van der Waals surface area contributed by atoms with Gasteiger partial charge in [-0.2, -0.15) is 0 Å². The molecule has 0 saturated carbocycles. The van der Waals surface area contributed by atoms with Crippen LogP contribution in [0.25, 0.3) is 0 Å². The first-order valence-corrected chi connectivity index (χ1v) is 5.76. The number of anilines is 2. The lowest BCUT2D eigenvalue weighted by Gasteiger charge is -2.34. The lowest BCUT2D eigenvalue weighted by molar-refractivity contribution is -0.383. The molecule has 2 saturated heterocycles. The summed E-state index contributed by atoms with van der Waals surface area (Å²) in [5, 5.41) is 11.2. The van der Waals surface area contributed by atoms with Gasteiger partial charge in [-0.1, -0.05) is 0 Å². The third kappa shape index (κ3) is 1.58. The Morgan fingerprint density at radius 1 is 1.06 bits per heavy atom.